The van der Waals surface area contributed by atoms with E-state index < -0.39 is 28.2 Å². The third kappa shape index (κ3) is 8.37. The number of nitrogens with zero attached hydrogens (tertiary/aromatic N) is 1. The lowest BCUT2D eigenvalue weighted by molar-refractivity contribution is -0.137. The molecule has 0 aromatic carbocycles. The molecule has 0 saturated heterocycles. The first-order valence-electron chi connectivity index (χ1n) is 19.4. The summed E-state index contributed by atoms with van der Waals surface area (Å²) in [5.74, 6) is 1.54. The van der Waals surface area contributed by atoms with Crippen molar-refractivity contribution in [2.45, 2.75) is 168 Å². The predicted molar refractivity (Wildman–Crippen MR) is 212 cm³/mol. The number of aliphatic hydroxyl groups is 1. The van der Waals surface area contributed by atoms with Crippen LogP contribution in [-0.4, -0.2) is 65.0 Å². The zero-order chi connectivity index (χ0) is 37.0. The van der Waals surface area contributed by atoms with Gasteiger partial charge in [-0.3, -0.25) is 4.79 Å². The Kier molecular flexibility index (Phi) is 11.8. The number of hydrogen-bond acceptors (Lipinski definition) is 4. The first kappa shape index (κ1) is 40.5. The fraction of sp³-hybridized carbons (Fsp3) is 0.786. The second kappa shape index (κ2) is 14.3. The molecule has 278 valence electrons. The number of allylic oxidation sites excluding steroid dienone is 4. The van der Waals surface area contributed by atoms with Crippen molar-refractivity contribution in [3.63, 3.8) is 0 Å². The van der Waals surface area contributed by atoms with Gasteiger partial charge >= 0.3 is 0 Å². The topological polar surface area (TPSA) is 59.0 Å². The minimum Gasteiger partial charge on any atom is -0.413 e. The molecule has 0 heterocycles. The number of carbonyl (C=O) groups excluding carboxylic acids is 1. The molecule has 49 heavy (non-hydrogen) atoms. The zero-order valence-electron chi connectivity index (χ0n) is 34.0. The largest absolute Gasteiger partial charge is 0.413 e. The second-order valence-corrected chi connectivity index (χ2v) is 29.4. The van der Waals surface area contributed by atoms with Crippen LogP contribution in [0.1, 0.15) is 113 Å². The van der Waals surface area contributed by atoms with E-state index in [1.165, 1.54) is 31.3 Å². The summed E-state index contributed by atoms with van der Waals surface area (Å²) in [5, 5.41) is 11.4. The van der Waals surface area contributed by atoms with Crippen molar-refractivity contribution in [2.75, 3.05) is 14.1 Å². The summed E-state index contributed by atoms with van der Waals surface area (Å²) >= 11 is 0. The van der Waals surface area contributed by atoms with Gasteiger partial charge in [-0.05, 0) is 122 Å². The van der Waals surface area contributed by atoms with E-state index in [-0.39, 0.29) is 33.6 Å². The Morgan fingerprint density at radius 3 is 2.10 bits per heavy atom. The van der Waals surface area contributed by atoms with Crippen LogP contribution in [0.2, 0.25) is 36.3 Å². The highest BCUT2D eigenvalue weighted by Gasteiger charge is 2.56. The van der Waals surface area contributed by atoms with Gasteiger partial charge in [0.2, 0.25) is 5.91 Å². The van der Waals surface area contributed by atoms with Crippen molar-refractivity contribution in [1.82, 2.24) is 4.90 Å². The molecule has 0 spiro atoms. The van der Waals surface area contributed by atoms with Crippen molar-refractivity contribution < 1.29 is 18.8 Å². The van der Waals surface area contributed by atoms with Crippen molar-refractivity contribution in [1.29, 1.82) is 0 Å². The molecule has 4 aliphatic rings. The van der Waals surface area contributed by atoms with Gasteiger partial charge in [0.25, 0.3) is 0 Å². The molecule has 0 unspecified atom stereocenters. The van der Waals surface area contributed by atoms with Crippen LogP contribution in [-0.2, 0) is 13.6 Å². The molecular weight excluding hydrogens is 639 g/mol. The maximum atomic E-state index is 12.8. The quantitative estimate of drug-likeness (QED) is 0.181. The van der Waals surface area contributed by atoms with Gasteiger partial charge in [-0.2, -0.15) is 0 Å². The van der Waals surface area contributed by atoms with E-state index >= 15 is 0 Å². The van der Waals surface area contributed by atoms with E-state index in [2.05, 4.69) is 106 Å². The Bertz CT molecular complexity index is 1320. The molecule has 7 atom stereocenters. The van der Waals surface area contributed by atoms with Gasteiger partial charge in [-0.1, -0.05) is 91.8 Å². The van der Waals surface area contributed by atoms with E-state index in [0.717, 1.165) is 37.7 Å². The normalized spacial score (nSPS) is 32.4. The Morgan fingerprint density at radius 2 is 1.55 bits per heavy atom. The van der Waals surface area contributed by atoms with Crippen LogP contribution in [0.15, 0.2) is 47.6 Å². The Labute approximate surface area is 303 Å². The Hall–Kier alpha value is -1.26. The van der Waals surface area contributed by atoms with Crippen LogP contribution in [0.4, 0.5) is 0 Å². The lowest BCUT2D eigenvalue weighted by atomic mass is 9.61. The third-order valence-corrected chi connectivity index (χ3v) is 23.2. The summed E-state index contributed by atoms with van der Waals surface area (Å²) in [5.41, 5.74) is 3.68. The van der Waals surface area contributed by atoms with Crippen molar-refractivity contribution >= 4 is 22.5 Å². The molecule has 4 aliphatic carbocycles. The zero-order valence-corrected chi connectivity index (χ0v) is 36.0. The van der Waals surface area contributed by atoms with Crippen LogP contribution < -0.4 is 0 Å². The van der Waals surface area contributed by atoms with Crippen LogP contribution in [0.5, 0.6) is 0 Å². The lowest BCUT2D eigenvalue weighted by Crippen LogP contribution is -2.49. The average Bonchev–Trinajstić information content (AvgIpc) is 3.70. The second-order valence-electron chi connectivity index (χ2n) is 19.9. The van der Waals surface area contributed by atoms with Crippen molar-refractivity contribution in [3.8, 4) is 0 Å². The third-order valence-electron chi connectivity index (χ3n) is 14.2. The molecule has 0 aliphatic heterocycles. The van der Waals surface area contributed by atoms with E-state index in [4.69, 9.17) is 8.85 Å². The van der Waals surface area contributed by atoms with Crippen molar-refractivity contribution in [3.05, 3.63) is 47.6 Å². The van der Waals surface area contributed by atoms with Crippen LogP contribution in [0.3, 0.4) is 0 Å². The highest BCUT2D eigenvalue weighted by Crippen LogP contribution is 2.60. The molecule has 0 bridgehead atoms. The molecule has 1 amide bonds. The number of hydrogen-bond donors (Lipinski definition) is 1. The van der Waals surface area contributed by atoms with E-state index in [1.54, 1.807) is 24.6 Å². The average molecular weight is 712 g/mol. The molecular formula is C42H73NO4Si2. The van der Waals surface area contributed by atoms with Gasteiger partial charge in [-0.15, -0.1) is 0 Å². The van der Waals surface area contributed by atoms with Crippen molar-refractivity contribution in [2.24, 2.45) is 28.6 Å². The van der Waals surface area contributed by atoms with E-state index in [1.807, 2.05) is 6.08 Å². The van der Waals surface area contributed by atoms with Crippen LogP contribution in [0, 0.1) is 28.6 Å². The summed E-state index contributed by atoms with van der Waals surface area (Å²) in [4.78, 5) is 14.4. The highest BCUT2D eigenvalue weighted by molar-refractivity contribution is 6.74. The molecule has 4 fully saturated rings. The molecule has 4 saturated carbocycles. The highest BCUT2D eigenvalue weighted by atomic mass is 28.4. The van der Waals surface area contributed by atoms with Crippen LogP contribution in [0.25, 0.3) is 0 Å². The molecule has 0 aromatic heterocycles. The minimum atomic E-state index is -2.01. The molecule has 7 heteroatoms. The summed E-state index contributed by atoms with van der Waals surface area (Å²) in [6.07, 6.45) is 17.8. The molecule has 0 aromatic rings. The monoisotopic (exact) mass is 712 g/mol. The number of carbonyl (C=O) groups is 1. The summed E-state index contributed by atoms with van der Waals surface area (Å²) < 4.78 is 14.2. The molecule has 5 nitrogen and oxygen atoms in total. The number of rotatable bonds is 10. The fourth-order valence-electron chi connectivity index (χ4n) is 8.72. The van der Waals surface area contributed by atoms with Gasteiger partial charge in [0.1, 0.15) is 0 Å². The standard InChI is InChI=1S/C42H73NO4Si2/c1-29(18-23-37(44)42(25-26-42)38(45)43(10)11)34-21-22-35-31(17-16-24-41(34,35)9)19-20-32-27-33(46-48(12,13)39(3,4)5)28-36(30(32)2)47-49(14,15)40(6,7)8/h18-20,23,29,33-37,44H,2,16-17,21-22,24-28H2,1,3-15H3/b23-18+,31-19+,32-20-/t29-,33-,34-,35+,36+,37+,41-/m1/s1. The van der Waals surface area contributed by atoms with Gasteiger partial charge in [0, 0.05) is 20.5 Å². The van der Waals surface area contributed by atoms with E-state index in [9.17, 15) is 9.90 Å². The van der Waals surface area contributed by atoms with Gasteiger partial charge in [0.15, 0.2) is 16.6 Å². The summed E-state index contributed by atoms with van der Waals surface area (Å²) in [6, 6.07) is 0. The number of fused-ring (bicyclic) bond motifs is 1. The molecule has 4 rings (SSSR count). The minimum absolute atomic E-state index is 0.00710. The van der Waals surface area contributed by atoms with Gasteiger partial charge in [0.05, 0.1) is 23.7 Å². The van der Waals surface area contributed by atoms with Crippen LogP contribution >= 0.6 is 0 Å². The van der Waals surface area contributed by atoms with E-state index in [0.29, 0.717) is 17.8 Å². The molecule has 0 radical (unpaired) electrons. The Balaban J connectivity index is 1.56. The Morgan fingerprint density at radius 1 is 0.959 bits per heavy atom. The number of amides is 1. The first-order valence-corrected chi connectivity index (χ1v) is 25.2. The number of aliphatic hydroxyl groups excluding tert-OH is 1. The fourth-order valence-corrected chi connectivity index (χ4v) is 11.4. The maximum absolute atomic E-state index is 12.8. The molecule has 1 N–H and O–H groups in total. The lowest BCUT2D eigenvalue weighted by Gasteiger charge is -2.45. The first-order chi connectivity index (χ1) is 22.4. The SMILES string of the molecule is C=C1/C(=C\C=C2/CCC[C@]3(C)[C@@H]([C@H](C)/C=C/[C@H](O)C4(C(=O)N(C)C)CC4)CC[C@@H]23)C[C@@H](O[Si](C)(C)C(C)(C)C)C[C@@H]1O[Si](C)(C)C(C)(C)C. The summed E-state index contributed by atoms with van der Waals surface area (Å²) in [6.45, 7) is 32.9. The summed E-state index contributed by atoms with van der Waals surface area (Å²) in [7, 11) is -0.389. The van der Waals surface area contributed by atoms with Gasteiger partial charge in [-0.25, -0.2) is 0 Å². The predicted octanol–water partition coefficient (Wildman–Crippen LogP) is 10.6. The smallest absolute Gasteiger partial charge is 0.231 e. The van der Waals surface area contributed by atoms with Gasteiger partial charge < -0.3 is 18.9 Å². The maximum Gasteiger partial charge on any atom is 0.231 e.